The molecule has 0 spiro atoms. The molecule has 0 radical (unpaired) electrons. The van der Waals surface area contributed by atoms with Crippen LogP contribution in [-0.2, 0) is 20.7 Å². The number of esters is 1. The normalized spacial score (nSPS) is 12.0. The molecule has 8 heteroatoms. The van der Waals surface area contributed by atoms with Crippen molar-refractivity contribution in [1.29, 1.82) is 0 Å². The highest BCUT2D eigenvalue weighted by atomic mass is 19.2. The molecule has 0 aliphatic carbocycles. The molecule has 1 amide bonds. The van der Waals surface area contributed by atoms with E-state index in [-0.39, 0.29) is 6.42 Å². The second kappa shape index (κ2) is 8.16. The van der Waals surface area contributed by atoms with Crippen LogP contribution in [0.3, 0.4) is 0 Å². The van der Waals surface area contributed by atoms with Gasteiger partial charge in [-0.2, -0.15) is 0 Å². The van der Waals surface area contributed by atoms with Crippen LogP contribution in [0.5, 0.6) is 0 Å². The van der Waals surface area contributed by atoms with E-state index in [0.29, 0.717) is 12.5 Å². The zero-order valence-electron chi connectivity index (χ0n) is 14.9. The number of H-pyrrole nitrogens is 1. The number of nitrogens with one attached hydrogen (secondary N) is 2. The van der Waals surface area contributed by atoms with Crippen LogP contribution in [0.1, 0.15) is 18.9 Å². The van der Waals surface area contributed by atoms with Crippen molar-refractivity contribution in [1.82, 2.24) is 4.98 Å². The summed E-state index contributed by atoms with van der Waals surface area (Å²) in [6, 6.07) is 9.21. The quantitative estimate of drug-likeness (QED) is 0.492. The molecule has 28 heavy (non-hydrogen) atoms. The van der Waals surface area contributed by atoms with Gasteiger partial charge in [-0.15, -0.1) is 0 Å². The number of amides is 1. The van der Waals surface area contributed by atoms with Gasteiger partial charge in [-0.1, -0.05) is 18.2 Å². The monoisotopic (exact) mass is 390 g/mol. The molecule has 0 aliphatic heterocycles. The minimum Gasteiger partial charge on any atom is -0.453 e. The van der Waals surface area contributed by atoms with Gasteiger partial charge in [-0.25, -0.2) is 13.2 Å². The van der Waals surface area contributed by atoms with Crippen LogP contribution in [0.4, 0.5) is 18.9 Å². The van der Waals surface area contributed by atoms with Gasteiger partial charge in [0.15, 0.2) is 23.6 Å². The highest BCUT2D eigenvalue weighted by Crippen LogP contribution is 2.21. The Morgan fingerprint density at radius 1 is 1.11 bits per heavy atom. The number of anilines is 1. The third-order valence-electron chi connectivity index (χ3n) is 4.24. The molecule has 2 aromatic carbocycles. The van der Waals surface area contributed by atoms with Gasteiger partial charge in [-0.3, -0.25) is 9.59 Å². The highest BCUT2D eigenvalue weighted by molar-refractivity contribution is 5.95. The molecule has 0 fully saturated rings. The number of aryl methyl sites for hydroxylation is 1. The smallest absolute Gasteiger partial charge is 0.306 e. The minimum absolute atomic E-state index is 0.0407. The second-order valence-electron chi connectivity index (χ2n) is 6.20. The van der Waals surface area contributed by atoms with E-state index in [4.69, 9.17) is 4.74 Å². The number of aromatic amines is 1. The van der Waals surface area contributed by atoms with E-state index in [0.717, 1.165) is 22.5 Å². The summed E-state index contributed by atoms with van der Waals surface area (Å²) in [6.45, 7) is 1.30. The lowest BCUT2D eigenvalue weighted by atomic mass is 10.1. The molecular formula is C20H17F3N2O3. The first-order valence-corrected chi connectivity index (χ1v) is 8.55. The summed E-state index contributed by atoms with van der Waals surface area (Å²) in [5.74, 6) is -6.05. The van der Waals surface area contributed by atoms with Crippen LogP contribution >= 0.6 is 0 Å². The molecule has 0 saturated carbocycles. The fourth-order valence-electron chi connectivity index (χ4n) is 2.74. The fourth-order valence-corrected chi connectivity index (χ4v) is 2.74. The van der Waals surface area contributed by atoms with E-state index in [9.17, 15) is 22.8 Å². The van der Waals surface area contributed by atoms with Gasteiger partial charge in [0, 0.05) is 23.5 Å². The first-order valence-electron chi connectivity index (χ1n) is 8.55. The third-order valence-corrected chi connectivity index (χ3v) is 4.24. The predicted octanol–water partition coefficient (Wildman–Crippen LogP) is 4.09. The molecule has 0 bridgehead atoms. The summed E-state index contributed by atoms with van der Waals surface area (Å²) in [4.78, 5) is 27.1. The molecule has 3 rings (SSSR count). The Hall–Kier alpha value is -3.29. The van der Waals surface area contributed by atoms with Gasteiger partial charge in [0.2, 0.25) is 0 Å². The molecule has 5 nitrogen and oxygen atoms in total. The summed E-state index contributed by atoms with van der Waals surface area (Å²) in [5.41, 5.74) is 1.35. The Bertz CT molecular complexity index is 1030. The standard InChI is InChI=1S/C20H17F3N2O3/c1-11(20(27)25-16-8-7-14(21)18(22)19(16)23)28-17(26)9-6-12-10-24-15-5-3-2-4-13(12)15/h2-5,7-8,10-11,24H,6,9H2,1H3,(H,25,27)/t11-/m0/s1. The molecule has 3 aromatic rings. The van der Waals surface area contributed by atoms with Crippen molar-refractivity contribution in [2.45, 2.75) is 25.9 Å². The van der Waals surface area contributed by atoms with Crippen LogP contribution < -0.4 is 5.32 Å². The second-order valence-corrected chi connectivity index (χ2v) is 6.20. The maximum absolute atomic E-state index is 13.6. The molecule has 1 atom stereocenters. The topological polar surface area (TPSA) is 71.2 Å². The lowest BCUT2D eigenvalue weighted by molar-refractivity contribution is -0.153. The molecule has 1 aromatic heterocycles. The first-order chi connectivity index (χ1) is 13.4. The number of benzene rings is 2. The maximum atomic E-state index is 13.6. The van der Waals surface area contributed by atoms with E-state index in [1.807, 2.05) is 24.3 Å². The average molecular weight is 390 g/mol. The largest absolute Gasteiger partial charge is 0.453 e. The number of aromatic nitrogens is 1. The molecule has 0 saturated heterocycles. The van der Waals surface area contributed by atoms with E-state index >= 15 is 0 Å². The van der Waals surface area contributed by atoms with Crippen molar-refractivity contribution in [2.24, 2.45) is 0 Å². The summed E-state index contributed by atoms with van der Waals surface area (Å²) in [6.07, 6.45) is 1.02. The van der Waals surface area contributed by atoms with Gasteiger partial charge < -0.3 is 15.0 Å². The predicted molar refractivity (Wildman–Crippen MR) is 97.1 cm³/mol. The van der Waals surface area contributed by atoms with Crippen molar-refractivity contribution < 1.29 is 27.5 Å². The number of carbonyl (C=O) groups excluding carboxylic acids is 2. The minimum atomic E-state index is -1.69. The van der Waals surface area contributed by atoms with Gasteiger partial charge in [0.1, 0.15) is 0 Å². The number of ether oxygens (including phenoxy) is 1. The number of carbonyl (C=O) groups is 2. The van der Waals surface area contributed by atoms with E-state index in [2.05, 4.69) is 10.3 Å². The Balaban J connectivity index is 1.55. The van der Waals surface area contributed by atoms with Crippen molar-refractivity contribution in [3.63, 3.8) is 0 Å². The number of fused-ring (bicyclic) bond motifs is 1. The van der Waals surface area contributed by atoms with Gasteiger partial charge in [0.25, 0.3) is 5.91 Å². The SMILES string of the molecule is C[C@H](OC(=O)CCc1c[nH]c2ccccc12)C(=O)Nc1ccc(F)c(F)c1F. The number of para-hydroxylation sites is 1. The molecule has 146 valence electrons. The molecule has 2 N–H and O–H groups in total. The summed E-state index contributed by atoms with van der Waals surface area (Å²) < 4.78 is 44.8. The zero-order chi connectivity index (χ0) is 20.3. The molecular weight excluding hydrogens is 373 g/mol. The highest BCUT2D eigenvalue weighted by Gasteiger charge is 2.21. The van der Waals surface area contributed by atoms with Crippen LogP contribution in [0.2, 0.25) is 0 Å². The molecule has 0 aliphatic rings. The van der Waals surface area contributed by atoms with Crippen molar-refractivity contribution in [3.05, 3.63) is 65.6 Å². The third kappa shape index (κ3) is 4.16. The van der Waals surface area contributed by atoms with E-state index < -0.39 is 41.1 Å². The van der Waals surface area contributed by atoms with Gasteiger partial charge >= 0.3 is 5.97 Å². The first kappa shape index (κ1) is 19.5. The summed E-state index contributed by atoms with van der Waals surface area (Å²) in [5, 5.41) is 3.07. The van der Waals surface area contributed by atoms with Crippen LogP contribution in [-0.4, -0.2) is 23.0 Å². The van der Waals surface area contributed by atoms with Gasteiger partial charge in [0.05, 0.1) is 5.69 Å². The van der Waals surface area contributed by atoms with E-state index in [1.54, 1.807) is 6.20 Å². The van der Waals surface area contributed by atoms with Crippen molar-refractivity contribution >= 4 is 28.5 Å². The Kier molecular flexibility index (Phi) is 5.67. The molecule has 0 unspecified atom stereocenters. The summed E-state index contributed by atoms with van der Waals surface area (Å²) in [7, 11) is 0. The average Bonchev–Trinajstić information content (AvgIpc) is 3.10. The van der Waals surface area contributed by atoms with Gasteiger partial charge in [-0.05, 0) is 37.1 Å². The van der Waals surface area contributed by atoms with Crippen molar-refractivity contribution in [3.8, 4) is 0 Å². The number of rotatable bonds is 6. The number of hydrogen-bond acceptors (Lipinski definition) is 3. The Morgan fingerprint density at radius 3 is 2.64 bits per heavy atom. The van der Waals surface area contributed by atoms with Crippen LogP contribution in [0.25, 0.3) is 10.9 Å². The van der Waals surface area contributed by atoms with Crippen LogP contribution in [0, 0.1) is 17.5 Å². The summed E-state index contributed by atoms with van der Waals surface area (Å²) >= 11 is 0. The lowest BCUT2D eigenvalue weighted by Gasteiger charge is -2.14. The van der Waals surface area contributed by atoms with E-state index in [1.165, 1.54) is 6.92 Å². The number of halogens is 3. The lowest BCUT2D eigenvalue weighted by Crippen LogP contribution is -2.30. The Labute approximate surface area is 158 Å². The number of hydrogen-bond donors (Lipinski definition) is 2. The Morgan fingerprint density at radius 2 is 1.86 bits per heavy atom. The maximum Gasteiger partial charge on any atom is 0.306 e. The van der Waals surface area contributed by atoms with Crippen molar-refractivity contribution in [2.75, 3.05) is 5.32 Å². The molecule has 1 heterocycles. The fraction of sp³-hybridized carbons (Fsp3) is 0.200. The van der Waals surface area contributed by atoms with Crippen LogP contribution in [0.15, 0.2) is 42.6 Å². The zero-order valence-corrected chi connectivity index (χ0v) is 14.9.